The Morgan fingerprint density at radius 1 is 1.09 bits per heavy atom. The summed E-state index contributed by atoms with van der Waals surface area (Å²) in [5.74, 6) is 0.241. The van der Waals surface area contributed by atoms with Gasteiger partial charge in [-0.2, -0.15) is 0 Å². The zero-order valence-corrected chi connectivity index (χ0v) is 13.7. The summed E-state index contributed by atoms with van der Waals surface area (Å²) in [6.07, 6.45) is 0. The molecular formula is C17H22N4O. The van der Waals surface area contributed by atoms with Crippen LogP contribution in [-0.2, 0) is 0 Å². The molecule has 0 fully saturated rings. The van der Waals surface area contributed by atoms with E-state index in [1.54, 1.807) is 6.07 Å². The van der Waals surface area contributed by atoms with Gasteiger partial charge in [0.2, 0.25) is 5.95 Å². The Labute approximate surface area is 131 Å². The van der Waals surface area contributed by atoms with E-state index in [1.165, 1.54) is 0 Å². The van der Waals surface area contributed by atoms with E-state index in [1.807, 2.05) is 52.8 Å². The van der Waals surface area contributed by atoms with Crippen LogP contribution in [0.5, 0.6) is 0 Å². The van der Waals surface area contributed by atoms with Crippen molar-refractivity contribution in [2.24, 2.45) is 0 Å². The van der Waals surface area contributed by atoms with Crippen LogP contribution in [0.4, 0.5) is 11.6 Å². The van der Waals surface area contributed by atoms with E-state index in [2.05, 4.69) is 20.6 Å². The number of anilines is 2. The molecule has 1 heterocycles. The second-order valence-corrected chi connectivity index (χ2v) is 5.79. The average Bonchev–Trinajstić information content (AvgIpc) is 2.40. The molecule has 0 unspecified atom stereocenters. The minimum absolute atomic E-state index is 0.206. The van der Waals surface area contributed by atoms with E-state index in [4.69, 9.17) is 0 Å². The third-order valence-electron chi connectivity index (χ3n) is 3.13. The van der Waals surface area contributed by atoms with Gasteiger partial charge < -0.3 is 10.6 Å². The second kappa shape index (κ2) is 6.56. The number of nitrogens with zero attached hydrogens (tertiary/aromatic N) is 2. The van der Waals surface area contributed by atoms with Gasteiger partial charge in [0.1, 0.15) is 5.69 Å². The number of carbonyl (C=O) groups is 1. The van der Waals surface area contributed by atoms with Crippen molar-refractivity contribution in [3.8, 4) is 0 Å². The molecule has 1 aromatic heterocycles. The normalized spacial score (nSPS) is 10.6. The lowest BCUT2D eigenvalue weighted by atomic mass is 10.1. The fourth-order valence-corrected chi connectivity index (χ4v) is 2.15. The molecule has 0 aliphatic heterocycles. The number of nitrogens with one attached hydrogen (secondary N) is 2. The van der Waals surface area contributed by atoms with Crippen molar-refractivity contribution in [1.29, 1.82) is 0 Å². The van der Waals surface area contributed by atoms with E-state index in [9.17, 15) is 4.79 Å². The van der Waals surface area contributed by atoms with Crippen molar-refractivity contribution >= 4 is 17.5 Å². The minimum atomic E-state index is -0.232. The Balaban J connectivity index is 2.23. The molecule has 0 saturated heterocycles. The van der Waals surface area contributed by atoms with E-state index in [0.29, 0.717) is 11.6 Å². The van der Waals surface area contributed by atoms with Gasteiger partial charge in [0.15, 0.2) is 0 Å². The first-order chi connectivity index (χ1) is 10.3. The van der Waals surface area contributed by atoms with Crippen molar-refractivity contribution in [3.63, 3.8) is 0 Å². The Hall–Kier alpha value is -2.43. The van der Waals surface area contributed by atoms with Gasteiger partial charge in [-0.15, -0.1) is 0 Å². The molecule has 0 aliphatic rings. The summed E-state index contributed by atoms with van der Waals surface area (Å²) in [5, 5.41) is 6.03. The molecule has 5 heteroatoms. The lowest BCUT2D eigenvalue weighted by molar-refractivity contribution is 0.102. The van der Waals surface area contributed by atoms with Gasteiger partial charge in [-0.3, -0.25) is 4.79 Å². The molecule has 1 amide bonds. The number of rotatable bonds is 4. The number of carbonyl (C=O) groups excluding carboxylic acids is 1. The van der Waals surface area contributed by atoms with E-state index >= 15 is 0 Å². The van der Waals surface area contributed by atoms with E-state index in [-0.39, 0.29) is 11.9 Å². The number of aryl methyl sites for hydroxylation is 3. The van der Waals surface area contributed by atoms with E-state index in [0.717, 1.165) is 22.5 Å². The van der Waals surface area contributed by atoms with Crippen LogP contribution in [0.15, 0.2) is 24.3 Å². The third-order valence-corrected chi connectivity index (χ3v) is 3.13. The van der Waals surface area contributed by atoms with Gasteiger partial charge in [-0.05, 0) is 52.3 Å². The fraction of sp³-hybridized carbons (Fsp3) is 0.353. The molecule has 0 bridgehead atoms. The van der Waals surface area contributed by atoms with Crippen molar-refractivity contribution in [2.75, 3.05) is 10.6 Å². The first-order valence-electron chi connectivity index (χ1n) is 7.36. The topological polar surface area (TPSA) is 66.9 Å². The fourth-order valence-electron chi connectivity index (χ4n) is 2.15. The zero-order chi connectivity index (χ0) is 16.3. The Morgan fingerprint density at radius 2 is 1.82 bits per heavy atom. The molecule has 2 aromatic rings. The molecular weight excluding hydrogens is 276 g/mol. The van der Waals surface area contributed by atoms with Crippen LogP contribution in [-0.4, -0.2) is 21.9 Å². The number of amides is 1. The summed E-state index contributed by atoms with van der Waals surface area (Å²) < 4.78 is 0. The summed E-state index contributed by atoms with van der Waals surface area (Å²) in [5.41, 5.74) is 4.10. The first kappa shape index (κ1) is 15.9. The highest BCUT2D eigenvalue weighted by atomic mass is 16.1. The maximum Gasteiger partial charge on any atom is 0.274 e. The highest BCUT2D eigenvalue weighted by Gasteiger charge is 2.12. The van der Waals surface area contributed by atoms with Gasteiger partial charge in [-0.1, -0.05) is 17.7 Å². The maximum atomic E-state index is 12.4. The molecule has 0 radical (unpaired) electrons. The van der Waals surface area contributed by atoms with Crippen LogP contribution in [0.1, 0.15) is 41.2 Å². The predicted octanol–water partition coefficient (Wildman–Crippen LogP) is 3.47. The van der Waals surface area contributed by atoms with Crippen molar-refractivity contribution < 1.29 is 4.79 Å². The molecule has 0 aliphatic carbocycles. The standard InChI is InChI=1S/C17H22N4O/c1-10(2)18-17-19-13(5)9-15(21-17)16(22)20-14-7-6-11(3)8-12(14)4/h6-10H,1-5H3,(H,20,22)(H,18,19,21). The quantitative estimate of drug-likeness (QED) is 0.907. The van der Waals surface area contributed by atoms with Crippen LogP contribution in [0.2, 0.25) is 0 Å². The van der Waals surface area contributed by atoms with Gasteiger partial charge in [0.05, 0.1) is 0 Å². The van der Waals surface area contributed by atoms with Crippen LogP contribution in [0.25, 0.3) is 0 Å². The average molecular weight is 298 g/mol. The number of aromatic nitrogens is 2. The summed E-state index contributed by atoms with van der Waals surface area (Å²) >= 11 is 0. The lowest BCUT2D eigenvalue weighted by Crippen LogP contribution is -2.18. The van der Waals surface area contributed by atoms with Crippen molar-refractivity contribution in [2.45, 2.75) is 40.7 Å². The molecule has 0 atom stereocenters. The summed E-state index contributed by atoms with van der Waals surface area (Å²) in [6, 6.07) is 7.80. The van der Waals surface area contributed by atoms with Gasteiger partial charge in [0.25, 0.3) is 5.91 Å². The predicted molar refractivity (Wildman–Crippen MR) is 89.4 cm³/mol. The number of benzene rings is 1. The SMILES string of the molecule is Cc1ccc(NC(=O)c2cc(C)nc(NC(C)C)n2)c(C)c1. The molecule has 5 nitrogen and oxygen atoms in total. The number of hydrogen-bond donors (Lipinski definition) is 2. The highest BCUT2D eigenvalue weighted by Crippen LogP contribution is 2.17. The second-order valence-electron chi connectivity index (χ2n) is 5.79. The van der Waals surface area contributed by atoms with Crippen molar-refractivity contribution in [1.82, 2.24) is 9.97 Å². The van der Waals surface area contributed by atoms with Gasteiger partial charge in [-0.25, -0.2) is 9.97 Å². The van der Waals surface area contributed by atoms with Crippen LogP contribution < -0.4 is 10.6 Å². The van der Waals surface area contributed by atoms with Gasteiger partial charge in [0, 0.05) is 17.4 Å². The smallest absolute Gasteiger partial charge is 0.274 e. The molecule has 116 valence electrons. The third kappa shape index (κ3) is 4.04. The molecule has 2 rings (SSSR count). The van der Waals surface area contributed by atoms with Crippen LogP contribution >= 0.6 is 0 Å². The summed E-state index contributed by atoms with van der Waals surface area (Å²) in [7, 11) is 0. The largest absolute Gasteiger partial charge is 0.352 e. The lowest BCUT2D eigenvalue weighted by Gasteiger charge is -2.12. The Kier molecular flexibility index (Phi) is 4.75. The molecule has 0 saturated carbocycles. The molecule has 22 heavy (non-hydrogen) atoms. The molecule has 2 N–H and O–H groups in total. The van der Waals surface area contributed by atoms with E-state index < -0.39 is 0 Å². The minimum Gasteiger partial charge on any atom is -0.352 e. The molecule has 0 spiro atoms. The zero-order valence-electron chi connectivity index (χ0n) is 13.7. The van der Waals surface area contributed by atoms with Crippen LogP contribution in [0, 0.1) is 20.8 Å². The maximum absolute atomic E-state index is 12.4. The van der Waals surface area contributed by atoms with Crippen molar-refractivity contribution in [3.05, 3.63) is 46.8 Å². The molecule has 1 aromatic carbocycles. The Morgan fingerprint density at radius 3 is 2.45 bits per heavy atom. The first-order valence-corrected chi connectivity index (χ1v) is 7.36. The van der Waals surface area contributed by atoms with Gasteiger partial charge >= 0.3 is 0 Å². The summed E-state index contributed by atoms with van der Waals surface area (Å²) in [4.78, 5) is 21.0. The highest BCUT2D eigenvalue weighted by molar-refractivity contribution is 6.03. The number of hydrogen-bond acceptors (Lipinski definition) is 4. The Bertz CT molecular complexity index is 695. The monoisotopic (exact) mass is 298 g/mol. The summed E-state index contributed by atoms with van der Waals surface area (Å²) in [6.45, 7) is 9.85. The van der Waals surface area contributed by atoms with Crippen LogP contribution in [0.3, 0.4) is 0 Å².